The molecule has 2 aliphatic rings. The van der Waals surface area contributed by atoms with Gasteiger partial charge < -0.3 is 14.7 Å². The van der Waals surface area contributed by atoms with Crippen LogP contribution in [-0.4, -0.2) is 48.2 Å². The summed E-state index contributed by atoms with van der Waals surface area (Å²) < 4.78 is 33.9. The Balaban J connectivity index is 1.79. The van der Waals surface area contributed by atoms with Crippen LogP contribution in [0.25, 0.3) is 0 Å². The highest BCUT2D eigenvalue weighted by atomic mass is 32.2. The Morgan fingerprint density at radius 3 is 2.48 bits per heavy atom. The van der Waals surface area contributed by atoms with E-state index in [4.69, 9.17) is 4.74 Å². The summed E-state index contributed by atoms with van der Waals surface area (Å²) in [4.78, 5) is 19.2. The second-order valence-electron chi connectivity index (χ2n) is 8.58. The lowest BCUT2D eigenvalue weighted by molar-refractivity contribution is -0.129. The molecule has 1 unspecified atom stereocenters. The molecular formula is C22H23N3O5S. The summed E-state index contributed by atoms with van der Waals surface area (Å²) in [5, 5.41) is 11.1. The lowest BCUT2D eigenvalue weighted by Gasteiger charge is -2.35. The van der Waals surface area contributed by atoms with Gasteiger partial charge in [0.25, 0.3) is 15.9 Å². The van der Waals surface area contributed by atoms with Crippen molar-refractivity contribution in [3.8, 4) is 5.88 Å². The monoisotopic (exact) mass is 441 g/mol. The fourth-order valence-corrected chi connectivity index (χ4v) is 5.25. The van der Waals surface area contributed by atoms with Crippen LogP contribution in [-0.2, 0) is 21.4 Å². The number of sulfonamides is 1. The molecule has 1 aromatic carbocycles. The van der Waals surface area contributed by atoms with Gasteiger partial charge in [-0.15, -0.1) is 0 Å². The maximum atomic E-state index is 13.5. The molecule has 0 fully saturated rings. The number of pyridine rings is 1. The molecule has 1 atom stereocenters. The molecule has 1 N–H and O–H groups in total. The van der Waals surface area contributed by atoms with Crippen molar-refractivity contribution in [2.45, 2.75) is 38.3 Å². The van der Waals surface area contributed by atoms with Gasteiger partial charge in [0.1, 0.15) is 17.0 Å². The Hall–Kier alpha value is -3.20. The minimum Gasteiger partial charge on any atom is -0.509 e. The number of aromatic nitrogens is 1. The van der Waals surface area contributed by atoms with Crippen molar-refractivity contribution >= 4 is 21.6 Å². The topological polar surface area (TPSA) is 109 Å². The Morgan fingerprint density at radius 1 is 1.16 bits per heavy atom. The number of benzene rings is 1. The van der Waals surface area contributed by atoms with Crippen LogP contribution in [0.2, 0.25) is 0 Å². The largest absolute Gasteiger partial charge is 0.509 e. The summed E-state index contributed by atoms with van der Waals surface area (Å²) in [6.07, 6.45) is 1.60. The number of carbonyl (C=O) groups excluding carboxylic acids is 1. The molecule has 0 radical (unpaired) electrons. The quantitative estimate of drug-likeness (QED) is 0.781. The van der Waals surface area contributed by atoms with Crippen molar-refractivity contribution in [1.82, 2.24) is 9.88 Å². The van der Waals surface area contributed by atoms with Crippen LogP contribution in [0.15, 0.2) is 63.2 Å². The number of fused-ring (bicyclic) bond motifs is 1. The Kier molecular flexibility index (Phi) is 4.88. The number of amides is 1. The molecule has 0 aliphatic carbocycles. The zero-order valence-corrected chi connectivity index (χ0v) is 18.5. The van der Waals surface area contributed by atoms with E-state index in [2.05, 4.69) is 9.38 Å². The van der Waals surface area contributed by atoms with Crippen molar-refractivity contribution in [2.75, 3.05) is 7.11 Å². The smallest absolute Gasteiger partial charge is 0.283 e. The van der Waals surface area contributed by atoms with E-state index in [1.807, 2.05) is 20.8 Å². The van der Waals surface area contributed by atoms with E-state index in [0.717, 1.165) is 5.56 Å². The molecule has 4 rings (SSSR count). The summed E-state index contributed by atoms with van der Waals surface area (Å²) in [5.41, 5.74) is 0.466. The first-order chi connectivity index (χ1) is 14.5. The second kappa shape index (κ2) is 7.19. The fourth-order valence-electron chi connectivity index (χ4n) is 4.03. The normalized spacial score (nSPS) is 20.1. The molecule has 1 aromatic heterocycles. The number of methoxy groups -OCH3 is 1. The van der Waals surface area contributed by atoms with Crippen molar-refractivity contribution in [1.29, 1.82) is 0 Å². The van der Waals surface area contributed by atoms with Gasteiger partial charge in [-0.1, -0.05) is 45.0 Å². The highest BCUT2D eigenvalue weighted by Crippen LogP contribution is 2.40. The van der Waals surface area contributed by atoms with Crippen LogP contribution in [0.5, 0.6) is 5.88 Å². The van der Waals surface area contributed by atoms with Crippen molar-refractivity contribution < 1.29 is 23.1 Å². The zero-order chi connectivity index (χ0) is 22.6. The van der Waals surface area contributed by atoms with Crippen LogP contribution in [0.4, 0.5) is 0 Å². The summed E-state index contributed by atoms with van der Waals surface area (Å²) in [6, 6.07) is 9.14. The predicted octanol–water partition coefficient (Wildman–Crippen LogP) is 2.85. The van der Waals surface area contributed by atoms with Crippen molar-refractivity contribution in [2.24, 2.45) is 9.81 Å². The van der Waals surface area contributed by atoms with Gasteiger partial charge in [0.15, 0.2) is 0 Å². The van der Waals surface area contributed by atoms with Gasteiger partial charge >= 0.3 is 0 Å². The van der Waals surface area contributed by atoms with Crippen LogP contribution >= 0.6 is 0 Å². The van der Waals surface area contributed by atoms with Gasteiger partial charge in [-0.05, 0) is 17.0 Å². The molecule has 162 valence electrons. The van der Waals surface area contributed by atoms with Gasteiger partial charge in [-0.3, -0.25) is 4.79 Å². The van der Waals surface area contributed by atoms with Gasteiger partial charge in [-0.25, -0.2) is 4.98 Å². The number of carbonyl (C=O) groups is 1. The maximum absolute atomic E-state index is 13.5. The first kappa shape index (κ1) is 21.0. The number of aliphatic hydroxyl groups excluding tert-OH is 1. The highest BCUT2D eigenvalue weighted by Gasteiger charge is 2.48. The van der Waals surface area contributed by atoms with Gasteiger partial charge in [0.05, 0.1) is 18.0 Å². The lowest BCUT2D eigenvalue weighted by atomic mass is 9.84. The molecule has 0 saturated heterocycles. The van der Waals surface area contributed by atoms with E-state index in [-0.39, 0.29) is 28.5 Å². The molecule has 8 nitrogen and oxygen atoms in total. The molecule has 2 aromatic rings. The van der Waals surface area contributed by atoms with Gasteiger partial charge in [0.2, 0.25) is 5.88 Å². The molecule has 3 heterocycles. The summed E-state index contributed by atoms with van der Waals surface area (Å²) in [7, 11) is -2.41. The average molecular weight is 442 g/mol. The molecule has 1 amide bonds. The number of rotatable bonds is 4. The molecule has 0 bridgehead atoms. The molecule has 31 heavy (non-hydrogen) atoms. The van der Waals surface area contributed by atoms with E-state index in [1.165, 1.54) is 18.1 Å². The predicted molar refractivity (Wildman–Crippen MR) is 114 cm³/mol. The van der Waals surface area contributed by atoms with Crippen LogP contribution < -0.4 is 4.74 Å². The third kappa shape index (κ3) is 3.48. The summed E-state index contributed by atoms with van der Waals surface area (Å²) in [5.74, 6) is -0.198. The molecule has 0 spiro atoms. The average Bonchev–Trinajstić information content (AvgIpc) is 3.12. The SMILES string of the molecule is COc1ccc(CN2C(=O)C(C3=NS(=O)(=O)c4ccccc43)=C(O)C2C(C)(C)C)cn1. The fraction of sp³-hybridized carbons (Fsp3) is 0.318. The van der Waals surface area contributed by atoms with Gasteiger partial charge in [0, 0.05) is 24.4 Å². The van der Waals surface area contributed by atoms with E-state index >= 15 is 0 Å². The minimum atomic E-state index is -3.93. The third-order valence-electron chi connectivity index (χ3n) is 5.35. The molecule has 9 heteroatoms. The van der Waals surface area contributed by atoms with Crippen LogP contribution in [0.1, 0.15) is 31.9 Å². The Labute approximate surface area is 181 Å². The number of aliphatic hydroxyl groups is 1. The zero-order valence-electron chi connectivity index (χ0n) is 17.7. The Bertz CT molecular complexity index is 1220. The third-order valence-corrected chi connectivity index (χ3v) is 6.68. The number of hydrogen-bond donors (Lipinski definition) is 1. The number of ether oxygens (including phenoxy) is 1. The highest BCUT2D eigenvalue weighted by molar-refractivity contribution is 7.90. The molecular weight excluding hydrogens is 418 g/mol. The lowest BCUT2D eigenvalue weighted by Crippen LogP contribution is -2.43. The standard InChI is InChI=1S/C22H23N3O5S/c1-22(2,3)20-19(26)17(18-14-7-5-6-8-15(14)31(28,29)24-18)21(27)25(20)12-13-9-10-16(30-4)23-11-13/h5-11,20,26H,12H2,1-4H3. The van der Waals surface area contributed by atoms with Crippen LogP contribution in [0.3, 0.4) is 0 Å². The summed E-state index contributed by atoms with van der Waals surface area (Å²) in [6.45, 7) is 5.91. The number of hydrogen-bond acceptors (Lipinski definition) is 6. The number of nitrogens with zero attached hydrogens (tertiary/aromatic N) is 3. The summed E-state index contributed by atoms with van der Waals surface area (Å²) >= 11 is 0. The van der Waals surface area contributed by atoms with Crippen molar-refractivity contribution in [3.63, 3.8) is 0 Å². The van der Waals surface area contributed by atoms with Gasteiger partial charge in [-0.2, -0.15) is 12.8 Å². The van der Waals surface area contributed by atoms with Crippen molar-refractivity contribution in [3.05, 3.63) is 65.1 Å². The minimum absolute atomic E-state index is 0.0114. The van der Waals surface area contributed by atoms with E-state index < -0.39 is 27.4 Å². The molecule has 0 saturated carbocycles. The van der Waals surface area contributed by atoms with E-state index in [0.29, 0.717) is 11.4 Å². The van der Waals surface area contributed by atoms with E-state index in [1.54, 1.807) is 36.5 Å². The molecule has 2 aliphatic heterocycles. The second-order valence-corrected chi connectivity index (χ2v) is 10.2. The maximum Gasteiger partial charge on any atom is 0.283 e. The first-order valence-electron chi connectivity index (χ1n) is 9.72. The first-order valence-corrected chi connectivity index (χ1v) is 11.2. The Morgan fingerprint density at radius 2 is 1.87 bits per heavy atom. The van der Waals surface area contributed by atoms with E-state index in [9.17, 15) is 18.3 Å². The van der Waals surface area contributed by atoms with Crippen LogP contribution in [0, 0.1) is 5.41 Å².